The lowest BCUT2D eigenvalue weighted by Crippen LogP contribution is -2.50. The third-order valence-electron chi connectivity index (χ3n) is 8.31. The van der Waals surface area contributed by atoms with Gasteiger partial charge in [-0.2, -0.15) is 4.31 Å². The van der Waals surface area contributed by atoms with E-state index in [-0.39, 0.29) is 35.9 Å². The van der Waals surface area contributed by atoms with Crippen molar-refractivity contribution in [3.05, 3.63) is 17.8 Å². The summed E-state index contributed by atoms with van der Waals surface area (Å²) in [6, 6.07) is 2.42. The molecule has 1 aromatic heterocycles. The van der Waals surface area contributed by atoms with Gasteiger partial charge in [-0.05, 0) is 78.4 Å². The number of likely N-dealkylation sites (N-methyl/N-ethyl adjacent to an activating group) is 1. The summed E-state index contributed by atoms with van der Waals surface area (Å²) >= 11 is 0. The zero-order chi connectivity index (χ0) is 25.8. The van der Waals surface area contributed by atoms with Crippen molar-refractivity contribution in [3.63, 3.8) is 0 Å². The SMILES string of the molecule is CCN(c1nc(C)ccc1S(=O)(=O)N1CCC[C@H]1C(=O)N(C)C1CCC2(CC1)CC2(F)F)C(C)C. The van der Waals surface area contributed by atoms with Crippen LogP contribution in [-0.2, 0) is 14.8 Å². The van der Waals surface area contributed by atoms with Crippen LogP contribution in [0.5, 0.6) is 0 Å². The first-order valence-corrected chi connectivity index (χ1v) is 14.2. The molecule has 1 aromatic rings. The Morgan fingerprint density at radius 3 is 2.40 bits per heavy atom. The molecule has 3 aliphatic rings. The molecule has 7 nitrogen and oxygen atoms in total. The van der Waals surface area contributed by atoms with E-state index >= 15 is 0 Å². The number of hydrogen-bond acceptors (Lipinski definition) is 5. The number of anilines is 1. The van der Waals surface area contributed by atoms with Crippen molar-refractivity contribution in [1.82, 2.24) is 14.2 Å². The maximum Gasteiger partial charge on any atom is 0.254 e. The summed E-state index contributed by atoms with van der Waals surface area (Å²) in [4.78, 5) is 21.8. The highest BCUT2D eigenvalue weighted by molar-refractivity contribution is 7.89. The largest absolute Gasteiger partial charge is 0.353 e. The second kappa shape index (κ2) is 9.25. The van der Waals surface area contributed by atoms with E-state index in [0.717, 1.165) is 5.69 Å². The molecule has 3 fully saturated rings. The predicted molar refractivity (Wildman–Crippen MR) is 131 cm³/mol. The highest BCUT2D eigenvalue weighted by Crippen LogP contribution is 2.67. The Bertz CT molecular complexity index is 1070. The number of rotatable bonds is 7. The molecule has 196 valence electrons. The smallest absolute Gasteiger partial charge is 0.254 e. The van der Waals surface area contributed by atoms with Crippen molar-refractivity contribution in [3.8, 4) is 0 Å². The van der Waals surface area contributed by atoms with Gasteiger partial charge in [-0.25, -0.2) is 22.2 Å². The second-order valence-corrected chi connectivity index (χ2v) is 12.6. The number of sulfonamides is 1. The molecule has 10 heteroatoms. The molecule has 4 rings (SSSR count). The molecule has 0 radical (unpaired) electrons. The van der Waals surface area contributed by atoms with Crippen molar-refractivity contribution >= 4 is 21.7 Å². The first kappa shape index (κ1) is 26.3. The molecule has 1 saturated heterocycles. The van der Waals surface area contributed by atoms with Gasteiger partial charge in [0.05, 0.1) is 0 Å². The van der Waals surface area contributed by atoms with Gasteiger partial charge >= 0.3 is 0 Å². The van der Waals surface area contributed by atoms with E-state index in [9.17, 15) is 22.0 Å². The van der Waals surface area contributed by atoms with E-state index in [1.165, 1.54) is 4.31 Å². The number of carbonyl (C=O) groups excluding carboxylic acids is 1. The molecular weight excluding hydrogens is 474 g/mol. The standard InChI is InChI=1S/C25H38F2N4O3S/c1-6-30(17(2)3)22-21(10-9-18(4)28-22)35(33,34)31-15-7-8-20(31)23(32)29(5)19-11-13-24(14-12-19)16-25(24,26)27/h9-10,17,19-20H,6-8,11-16H2,1-5H3/t19?,20-,24?/m0/s1. The van der Waals surface area contributed by atoms with Crippen LogP contribution in [0.15, 0.2) is 17.0 Å². The van der Waals surface area contributed by atoms with Crippen LogP contribution in [-0.4, -0.2) is 72.7 Å². The average Bonchev–Trinajstić information content (AvgIpc) is 3.13. The molecule has 2 aliphatic carbocycles. The van der Waals surface area contributed by atoms with Crippen molar-refractivity contribution in [2.75, 3.05) is 25.0 Å². The van der Waals surface area contributed by atoms with Crippen LogP contribution in [0.25, 0.3) is 0 Å². The Morgan fingerprint density at radius 1 is 1.23 bits per heavy atom. The van der Waals surface area contributed by atoms with Gasteiger partial charge in [-0.15, -0.1) is 0 Å². The van der Waals surface area contributed by atoms with E-state index in [4.69, 9.17) is 0 Å². The Morgan fingerprint density at radius 2 is 1.86 bits per heavy atom. The first-order chi connectivity index (χ1) is 16.3. The summed E-state index contributed by atoms with van der Waals surface area (Å²) in [6.45, 7) is 8.65. The summed E-state index contributed by atoms with van der Waals surface area (Å²) in [5.74, 6) is -2.40. The fraction of sp³-hybridized carbons (Fsp3) is 0.760. The van der Waals surface area contributed by atoms with Crippen LogP contribution in [0.2, 0.25) is 0 Å². The Hall–Kier alpha value is -1.81. The van der Waals surface area contributed by atoms with Gasteiger partial charge in [0.1, 0.15) is 16.8 Å². The molecule has 1 amide bonds. The van der Waals surface area contributed by atoms with Crippen molar-refractivity contribution in [2.24, 2.45) is 5.41 Å². The molecule has 1 aliphatic heterocycles. The number of amides is 1. The monoisotopic (exact) mass is 512 g/mol. The van der Waals surface area contributed by atoms with Crippen molar-refractivity contribution in [1.29, 1.82) is 0 Å². The zero-order valence-electron chi connectivity index (χ0n) is 21.4. The number of hydrogen-bond donors (Lipinski definition) is 0. The van der Waals surface area contributed by atoms with E-state index in [0.29, 0.717) is 50.9 Å². The molecule has 0 aromatic carbocycles. The Labute approximate surface area is 207 Å². The van der Waals surface area contributed by atoms with Gasteiger partial charge < -0.3 is 9.80 Å². The molecular formula is C25H38F2N4O3S. The number of aromatic nitrogens is 1. The average molecular weight is 513 g/mol. The molecule has 0 bridgehead atoms. The van der Waals surface area contributed by atoms with Gasteiger partial charge in [0, 0.05) is 49.8 Å². The maximum atomic E-state index is 13.9. The van der Waals surface area contributed by atoms with E-state index in [1.54, 1.807) is 24.1 Å². The van der Waals surface area contributed by atoms with Crippen LogP contribution < -0.4 is 4.90 Å². The van der Waals surface area contributed by atoms with E-state index < -0.39 is 27.4 Å². The maximum absolute atomic E-state index is 13.9. The van der Waals surface area contributed by atoms with E-state index in [2.05, 4.69) is 4.98 Å². The third-order valence-corrected chi connectivity index (χ3v) is 10.2. The van der Waals surface area contributed by atoms with Crippen LogP contribution in [0.4, 0.5) is 14.6 Å². The third kappa shape index (κ3) is 4.56. The minimum Gasteiger partial charge on any atom is -0.353 e. The molecule has 0 N–H and O–H groups in total. The van der Waals surface area contributed by atoms with Gasteiger partial charge in [-0.1, -0.05) is 0 Å². The van der Waals surface area contributed by atoms with Gasteiger partial charge in [0.15, 0.2) is 0 Å². The lowest BCUT2D eigenvalue weighted by Gasteiger charge is -2.37. The molecule has 2 saturated carbocycles. The highest BCUT2D eigenvalue weighted by atomic mass is 32.2. The van der Waals surface area contributed by atoms with Crippen molar-refractivity contribution < 1.29 is 22.0 Å². The quantitative estimate of drug-likeness (QED) is 0.547. The minimum absolute atomic E-state index is 0.0445. The molecule has 1 atom stereocenters. The molecule has 1 spiro atoms. The summed E-state index contributed by atoms with van der Waals surface area (Å²) in [7, 11) is -2.28. The number of pyridine rings is 1. The lowest BCUT2D eigenvalue weighted by molar-refractivity contribution is -0.136. The van der Waals surface area contributed by atoms with Gasteiger partial charge in [0.25, 0.3) is 5.92 Å². The lowest BCUT2D eigenvalue weighted by atomic mass is 9.82. The molecule has 0 unspecified atom stereocenters. The number of nitrogens with zero attached hydrogens (tertiary/aromatic N) is 4. The predicted octanol–water partition coefficient (Wildman–Crippen LogP) is 4.20. The van der Waals surface area contributed by atoms with Crippen molar-refractivity contribution in [2.45, 2.75) is 102 Å². The summed E-state index contributed by atoms with van der Waals surface area (Å²) in [5.41, 5.74) is -0.143. The van der Waals surface area contributed by atoms with E-state index in [1.807, 2.05) is 32.6 Å². The Kier molecular flexibility index (Phi) is 6.94. The molecule has 35 heavy (non-hydrogen) atoms. The number of alkyl halides is 2. The van der Waals surface area contributed by atoms with Crippen LogP contribution in [0, 0.1) is 12.3 Å². The zero-order valence-corrected chi connectivity index (χ0v) is 22.2. The fourth-order valence-electron chi connectivity index (χ4n) is 5.98. The van der Waals surface area contributed by atoms with Crippen LogP contribution in [0.3, 0.4) is 0 Å². The fourth-order valence-corrected chi connectivity index (χ4v) is 7.76. The number of carbonyl (C=O) groups is 1. The summed E-state index contributed by atoms with van der Waals surface area (Å²) < 4.78 is 56.7. The minimum atomic E-state index is -3.97. The van der Waals surface area contributed by atoms with Crippen LogP contribution in [0.1, 0.15) is 71.4 Å². The second-order valence-electron chi connectivity index (χ2n) is 10.8. The normalized spacial score (nSPS) is 28.5. The summed E-state index contributed by atoms with van der Waals surface area (Å²) in [5, 5.41) is 0. The van der Waals surface area contributed by atoms with Gasteiger partial charge in [0.2, 0.25) is 15.9 Å². The topological polar surface area (TPSA) is 73.8 Å². The highest BCUT2D eigenvalue weighted by Gasteiger charge is 2.70. The summed E-state index contributed by atoms with van der Waals surface area (Å²) in [6.07, 6.45) is 2.89. The molecule has 2 heterocycles. The van der Waals surface area contributed by atoms with Gasteiger partial charge in [-0.3, -0.25) is 4.79 Å². The Balaban J connectivity index is 1.55. The number of aryl methyl sites for hydroxylation is 1. The van der Waals surface area contributed by atoms with Crippen LogP contribution >= 0.6 is 0 Å². The number of halogens is 2. The first-order valence-electron chi connectivity index (χ1n) is 12.8.